The zero-order valence-electron chi connectivity index (χ0n) is 7.91. The summed E-state index contributed by atoms with van der Waals surface area (Å²) in [5, 5.41) is 8.83. The van der Waals surface area contributed by atoms with E-state index in [1.54, 1.807) is 12.1 Å². The zero-order valence-corrected chi connectivity index (χ0v) is 7.91. The Balaban J connectivity index is 2.79. The van der Waals surface area contributed by atoms with Gasteiger partial charge >= 0.3 is 0 Å². The Morgan fingerprint density at radius 2 is 2.21 bits per heavy atom. The Labute approximate surface area is 82.9 Å². The molecule has 0 aliphatic heterocycles. The van der Waals surface area contributed by atoms with Crippen LogP contribution in [0, 0.1) is 5.82 Å². The highest BCUT2D eigenvalue weighted by Gasteiger charge is 1.99. The van der Waals surface area contributed by atoms with E-state index < -0.39 is 0 Å². The maximum atomic E-state index is 13.0. The molecule has 76 valence electrons. The highest BCUT2D eigenvalue weighted by Crippen LogP contribution is 2.11. The quantitative estimate of drug-likeness (QED) is 0.767. The second-order valence-electron chi connectivity index (χ2n) is 2.99. The summed E-state index contributed by atoms with van der Waals surface area (Å²) in [5.41, 5.74) is 6.52. The Morgan fingerprint density at radius 3 is 2.86 bits per heavy atom. The molecule has 0 fully saturated rings. The van der Waals surface area contributed by atoms with Gasteiger partial charge in [0.25, 0.3) is 0 Å². The van der Waals surface area contributed by atoms with Crippen LogP contribution < -0.4 is 5.73 Å². The summed E-state index contributed by atoms with van der Waals surface area (Å²) in [5.74, 6) is -0.372. The Hall–Kier alpha value is -1.19. The van der Waals surface area contributed by atoms with E-state index >= 15 is 0 Å². The lowest BCUT2D eigenvalue weighted by atomic mass is 10.1. The van der Waals surface area contributed by atoms with Crippen molar-refractivity contribution in [1.82, 2.24) is 0 Å². The number of nitrogens with two attached hydrogens (primary N) is 1. The maximum Gasteiger partial charge on any atom is 0.128 e. The number of aliphatic hydroxyl groups is 1. The molecule has 3 N–H and O–H groups in total. The van der Waals surface area contributed by atoms with Crippen molar-refractivity contribution in [1.29, 1.82) is 0 Å². The molecule has 0 aromatic heterocycles. The van der Waals surface area contributed by atoms with Crippen LogP contribution in [0.3, 0.4) is 0 Å². The van der Waals surface area contributed by atoms with Gasteiger partial charge in [-0.3, -0.25) is 0 Å². The van der Waals surface area contributed by atoms with Crippen LogP contribution in [0.5, 0.6) is 0 Å². The molecule has 1 rings (SSSR count). The summed E-state index contributed by atoms with van der Waals surface area (Å²) in [6, 6.07) is 4.65. The van der Waals surface area contributed by atoms with Crippen LogP contribution in [0.1, 0.15) is 17.5 Å². The fourth-order valence-corrected chi connectivity index (χ4v) is 1.14. The molecule has 0 amide bonds. The minimum Gasteiger partial charge on any atom is -0.392 e. The average Bonchev–Trinajstić information content (AvgIpc) is 2.21. The first-order chi connectivity index (χ1) is 6.77. The molecule has 0 saturated carbocycles. The molecular formula is C11H14FNO. The SMILES string of the molecule is NCCC=Cc1ccc(F)c(CO)c1. The lowest BCUT2D eigenvalue weighted by Crippen LogP contribution is -1.95. The summed E-state index contributed by atoms with van der Waals surface area (Å²) >= 11 is 0. The van der Waals surface area contributed by atoms with Crippen molar-refractivity contribution in [3.8, 4) is 0 Å². The van der Waals surface area contributed by atoms with Gasteiger partial charge in [0.1, 0.15) is 5.82 Å². The average molecular weight is 195 g/mol. The van der Waals surface area contributed by atoms with Crippen LogP contribution in [0.15, 0.2) is 24.3 Å². The van der Waals surface area contributed by atoms with Crippen molar-refractivity contribution in [3.63, 3.8) is 0 Å². The largest absolute Gasteiger partial charge is 0.392 e. The monoisotopic (exact) mass is 195 g/mol. The van der Waals surface area contributed by atoms with Gasteiger partial charge in [0.05, 0.1) is 6.61 Å². The molecule has 0 bridgehead atoms. The summed E-state index contributed by atoms with van der Waals surface area (Å²) in [7, 11) is 0. The van der Waals surface area contributed by atoms with E-state index in [9.17, 15) is 4.39 Å². The van der Waals surface area contributed by atoms with Gasteiger partial charge in [-0.1, -0.05) is 18.2 Å². The third-order valence-electron chi connectivity index (χ3n) is 1.88. The molecular weight excluding hydrogens is 181 g/mol. The molecule has 14 heavy (non-hydrogen) atoms. The third kappa shape index (κ3) is 2.94. The van der Waals surface area contributed by atoms with Gasteiger partial charge < -0.3 is 10.8 Å². The number of aliphatic hydroxyl groups excluding tert-OH is 1. The van der Waals surface area contributed by atoms with E-state index in [0.29, 0.717) is 12.1 Å². The van der Waals surface area contributed by atoms with E-state index in [2.05, 4.69) is 0 Å². The van der Waals surface area contributed by atoms with Gasteiger partial charge in [-0.05, 0) is 30.7 Å². The van der Waals surface area contributed by atoms with E-state index in [4.69, 9.17) is 10.8 Å². The predicted octanol–water partition coefficient (Wildman–Crippen LogP) is 1.68. The first-order valence-electron chi connectivity index (χ1n) is 4.54. The molecule has 1 aromatic carbocycles. The summed E-state index contributed by atoms with van der Waals surface area (Å²) in [6.45, 7) is 0.328. The highest BCUT2D eigenvalue weighted by molar-refractivity contribution is 5.50. The second kappa shape index (κ2) is 5.52. The number of benzene rings is 1. The molecule has 0 heterocycles. The molecule has 0 saturated heterocycles. The second-order valence-corrected chi connectivity index (χ2v) is 2.99. The molecule has 2 nitrogen and oxygen atoms in total. The summed E-state index contributed by atoms with van der Waals surface area (Å²) < 4.78 is 13.0. The van der Waals surface area contributed by atoms with Crippen LogP contribution in [0.2, 0.25) is 0 Å². The van der Waals surface area contributed by atoms with E-state index in [1.807, 2.05) is 12.2 Å². The van der Waals surface area contributed by atoms with Crippen molar-refractivity contribution in [2.24, 2.45) is 5.73 Å². The minimum atomic E-state index is -0.372. The fourth-order valence-electron chi connectivity index (χ4n) is 1.14. The van der Waals surface area contributed by atoms with Gasteiger partial charge in [0.15, 0.2) is 0 Å². The summed E-state index contributed by atoms with van der Waals surface area (Å²) in [4.78, 5) is 0. The maximum absolute atomic E-state index is 13.0. The Bertz CT molecular complexity index is 323. The van der Waals surface area contributed by atoms with E-state index in [-0.39, 0.29) is 12.4 Å². The molecule has 3 heteroatoms. The lowest BCUT2D eigenvalue weighted by Gasteiger charge is -2.00. The van der Waals surface area contributed by atoms with Crippen molar-refractivity contribution in [2.45, 2.75) is 13.0 Å². The predicted molar refractivity (Wildman–Crippen MR) is 55.0 cm³/mol. The third-order valence-corrected chi connectivity index (χ3v) is 1.88. The van der Waals surface area contributed by atoms with Gasteiger partial charge in [-0.2, -0.15) is 0 Å². The van der Waals surface area contributed by atoms with Crippen molar-refractivity contribution < 1.29 is 9.50 Å². The summed E-state index contributed by atoms with van der Waals surface area (Å²) in [6.07, 6.45) is 4.59. The van der Waals surface area contributed by atoms with Crippen molar-refractivity contribution >= 4 is 6.08 Å². The standard InChI is InChI=1S/C11H14FNO/c12-11-5-4-9(3-1-2-6-13)7-10(11)8-14/h1,3-5,7,14H,2,6,8,13H2. The highest BCUT2D eigenvalue weighted by atomic mass is 19.1. The lowest BCUT2D eigenvalue weighted by molar-refractivity contribution is 0.275. The number of halogens is 1. The van der Waals surface area contributed by atoms with Gasteiger partial charge in [-0.15, -0.1) is 0 Å². The van der Waals surface area contributed by atoms with Gasteiger partial charge in [-0.25, -0.2) is 4.39 Å². The van der Waals surface area contributed by atoms with Crippen LogP contribution in [0.25, 0.3) is 6.08 Å². The fraction of sp³-hybridized carbons (Fsp3) is 0.273. The first kappa shape index (κ1) is 10.9. The van der Waals surface area contributed by atoms with Crippen LogP contribution >= 0.6 is 0 Å². The van der Waals surface area contributed by atoms with Crippen molar-refractivity contribution in [3.05, 3.63) is 41.2 Å². The van der Waals surface area contributed by atoms with Gasteiger partial charge in [0, 0.05) is 5.56 Å². The number of rotatable bonds is 4. The number of hydrogen-bond acceptors (Lipinski definition) is 2. The molecule has 0 unspecified atom stereocenters. The number of hydrogen-bond donors (Lipinski definition) is 2. The first-order valence-corrected chi connectivity index (χ1v) is 4.54. The zero-order chi connectivity index (χ0) is 10.4. The normalized spacial score (nSPS) is 11.1. The Kier molecular flexibility index (Phi) is 4.29. The Morgan fingerprint density at radius 1 is 1.43 bits per heavy atom. The van der Waals surface area contributed by atoms with E-state index in [1.165, 1.54) is 6.07 Å². The van der Waals surface area contributed by atoms with Crippen LogP contribution in [-0.4, -0.2) is 11.7 Å². The smallest absolute Gasteiger partial charge is 0.128 e. The molecule has 1 aromatic rings. The molecule has 0 aliphatic rings. The van der Waals surface area contributed by atoms with E-state index in [0.717, 1.165) is 12.0 Å². The minimum absolute atomic E-state index is 0.273. The molecule has 0 radical (unpaired) electrons. The van der Waals surface area contributed by atoms with Gasteiger partial charge in [0.2, 0.25) is 0 Å². The molecule has 0 aliphatic carbocycles. The van der Waals surface area contributed by atoms with Crippen molar-refractivity contribution in [2.75, 3.05) is 6.54 Å². The van der Waals surface area contributed by atoms with Crippen LogP contribution in [0.4, 0.5) is 4.39 Å². The molecule has 0 spiro atoms. The topological polar surface area (TPSA) is 46.2 Å². The van der Waals surface area contributed by atoms with Crippen LogP contribution in [-0.2, 0) is 6.61 Å². The molecule has 0 atom stereocenters.